The smallest absolute Gasteiger partial charge is 0.414 e. The molecule has 0 radical (unpaired) electrons. The minimum absolute atomic E-state index is 0.156. The molecule has 2 amide bonds. The van der Waals surface area contributed by atoms with Gasteiger partial charge in [-0.3, -0.25) is 14.7 Å². The summed E-state index contributed by atoms with van der Waals surface area (Å²) < 4.78 is 30.1. The molecule has 0 aliphatic carbocycles. The second-order valence-corrected chi connectivity index (χ2v) is 6.99. The second kappa shape index (κ2) is 9.49. The summed E-state index contributed by atoms with van der Waals surface area (Å²) in [6, 6.07) is 4.82. The van der Waals surface area contributed by atoms with Crippen LogP contribution in [0, 0.1) is 0 Å². The highest BCUT2D eigenvalue weighted by Crippen LogP contribution is 2.38. The van der Waals surface area contributed by atoms with Crippen molar-refractivity contribution < 1.29 is 23.1 Å². The molecule has 1 aliphatic heterocycles. The number of amides is 2. The molecule has 0 saturated carbocycles. The number of alkyl halides is 2. The van der Waals surface area contributed by atoms with E-state index in [0.717, 1.165) is 0 Å². The Morgan fingerprint density at radius 1 is 1.34 bits per heavy atom. The average Bonchev–Trinajstić information content (AvgIpc) is 2.63. The predicted octanol–water partition coefficient (Wildman–Crippen LogP) is 3.43. The Morgan fingerprint density at radius 3 is 2.59 bits per heavy atom. The van der Waals surface area contributed by atoms with Crippen molar-refractivity contribution in [2.45, 2.75) is 46.3 Å². The number of fused-ring (bicyclic) bond motifs is 1. The molecule has 2 rings (SSSR count). The van der Waals surface area contributed by atoms with Crippen molar-refractivity contribution in [3.05, 3.63) is 30.0 Å². The third-order valence-electron chi connectivity index (χ3n) is 4.30. The Kier molecular flexibility index (Phi) is 7.30. The van der Waals surface area contributed by atoms with Crippen LogP contribution >= 0.6 is 0 Å². The summed E-state index contributed by atoms with van der Waals surface area (Å²) >= 11 is 0. The first kappa shape index (κ1) is 22.3. The lowest BCUT2D eigenvalue weighted by molar-refractivity contribution is -0.117. The molecule has 1 aromatic rings. The summed E-state index contributed by atoms with van der Waals surface area (Å²) in [7, 11) is 0. The van der Waals surface area contributed by atoms with E-state index >= 15 is 0 Å². The number of rotatable bonds is 5. The van der Waals surface area contributed by atoms with E-state index in [4.69, 9.17) is 10.5 Å². The molecule has 0 unspecified atom stereocenters. The predicted molar refractivity (Wildman–Crippen MR) is 110 cm³/mol. The molecule has 158 valence electrons. The first-order valence-corrected chi connectivity index (χ1v) is 9.28. The molecule has 0 bridgehead atoms. The number of carbonyl (C=O) groups excluding carboxylic acids is 2. The van der Waals surface area contributed by atoms with Crippen molar-refractivity contribution in [3.63, 3.8) is 0 Å². The van der Waals surface area contributed by atoms with E-state index in [1.165, 1.54) is 24.2 Å². The van der Waals surface area contributed by atoms with E-state index < -0.39 is 19.1 Å². The van der Waals surface area contributed by atoms with Gasteiger partial charge in [0, 0.05) is 31.5 Å². The number of carbonyl (C=O) groups is 2. The molecule has 1 aromatic carbocycles. The van der Waals surface area contributed by atoms with Crippen molar-refractivity contribution in [1.29, 1.82) is 0 Å². The van der Waals surface area contributed by atoms with Gasteiger partial charge in [-0.1, -0.05) is 6.07 Å². The minimum atomic E-state index is -2.55. The molecule has 0 fully saturated rings. The van der Waals surface area contributed by atoms with Gasteiger partial charge < -0.3 is 15.4 Å². The summed E-state index contributed by atoms with van der Waals surface area (Å²) in [5, 5.41) is 0. The van der Waals surface area contributed by atoms with Gasteiger partial charge in [0.05, 0.1) is 30.1 Å². The Hall–Kier alpha value is -2.97. The lowest BCUT2D eigenvalue weighted by atomic mass is 10.0. The Labute approximate surface area is 168 Å². The summed E-state index contributed by atoms with van der Waals surface area (Å²) in [6.07, 6.45) is -0.879. The van der Waals surface area contributed by atoms with Crippen LogP contribution in [0.3, 0.4) is 0 Å². The fraction of sp³-hybridized carbons (Fsp3) is 0.450. The Morgan fingerprint density at radius 2 is 2.03 bits per heavy atom. The number of benzene rings is 1. The summed E-state index contributed by atoms with van der Waals surface area (Å²) in [4.78, 5) is 31.6. The van der Waals surface area contributed by atoms with Crippen molar-refractivity contribution in [1.82, 2.24) is 0 Å². The molecule has 0 saturated heterocycles. The van der Waals surface area contributed by atoms with Gasteiger partial charge in [0.25, 0.3) is 6.43 Å². The number of nitrogens with two attached hydrogens (primary N) is 1. The number of hydrogen-bond donors (Lipinski definition) is 1. The van der Waals surface area contributed by atoms with E-state index in [0.29, 0.717) is 22.5 Å². The van der Waals surface area contributed by atoms with Gasteiger partial charge in [0.2, 0.25) is 5.91 Å². The van der Waals surface area contributed by atoms with Gasteiger partial charge in [-0.15, -0.1) is 0 Å². The van der Waals surface area contributed by atoms with Gasteiger partial charge in [-0.05, 0) is 38.5 Å². The standard InChI is InChI=1S/C20H26F2N4O3/c1-12(2)29-20(28)25-11-13(3)26(14(4)27)17-6-5-15(7-18(17)25)16(8-23)9-24-10-19(21)22/h5-9,12-13,19H,10-11,23H2,1-4H3/b16-8+,24-9?/t13-/m0/s1. The van der Waals surface area contributed by atoms with Crippen LogP contribution in [0.1, 0.15) is 33.3 Å². The molecule has 1 atom stereocenters. The SMILES string of the molecule is CC(=O)N1c2ccc(/C(C=NCC(F)F)=C/N)cc2N(C(=O)OC(C)C)C[C@@H]1C. The number of hydrogen-bond acceptors (Lipinski definition) is 5. The largest absolute Gasteiger partial charge is 0.446 e. The van der Waals surface area contributed by atoms with Crippen molar-refractivity contribution in [3.8, 4) is 0 Å². The minimum Gasteiger partial charge on any atom is -0.446 e. The van der Waals surface area contributed by atoms with E-state index in [1.807, 2.05) is 6.92 Å². The van der Waals surface area contributed by atoms with Crippen molar-refractivity contribution in [2.24, 2.45) is 10.7 Å². The van der Waals surface area contributed by atoms with Crippen LogP contribution in [0.15, 0.2) is 29.4 Å². The van der Waals surface area contributed by atoms with Gasteiger partial charge >= 0.3 is 6.09 Å². The van der Waals surface area contributed by atoms with Gasteiger partial charge in [0.1, 0.15) is 0 Å². The van der Waals surface area contributed by atoms with Crippen LogP contribution in [0.2, 0.25) is 0 Å². The third-order valence-corrected chi connectivity index (χ3v) is 4.30. The number of halogens is 2. The highest BCUT2D eigenvalue weighted by molar-refractivity contribution is 6.11. The first-order valence-electron chi connectivity index (χ1n) is 9.28. The van der Waals surface area contributed by atoms with Crippen LogP contribution < -0.4 is 15.5 Å². The lowest BCUT2D eigenvalue weighted by Crippen LogP contribution is -2.51. The number of aliphatic imine (C=N–C) groups is 1. The van der Waals surface area contributed by atoms with Crippen LogP contribution in [0.4, 0.5) is 25.0 Å². The van der Waals surface area contributed by atoms with Crippen LogP contribution in [0.5, 0.6) is 0 Å². The fourth-order valence-electron chi connectivity index (χ4n) is 3.17. The number of anilines is 2. The summed E-state index contributed by atoms with van der Waals surface area (Å²) in [5.41, 5.74) is 7.67. The third kappa shape index (κ3) is 5.30. The summed E-state index contributed by atoms with van der Waals surface area (Å²) in [5.74, 6) is -0.156. The molecule has 1 heterocycles. The zero-order valence-corrected chi connectivity index (χ0v) is 16.9. The first-order chi connectivity index (χ1) is 13.6. The van der Waals surface area contributed by atoms with Crippen LogP contribution in [0.25, 0.3) is 5.57 Å². The maximum atomic E-state index is 12.6. The zero-order valence-electron chi connectivity index (χ0n) is 16.9. The van der Waals surface area contributed by atoms with E-state index in [2.05, 4.69) is 4.99 Å². The Balaban J connectivity index is 2.50. The van der Waals surface area contributed by atoms with E-state index in [-0.39, 0.29) is 24.6 Å². The number of ether oxygens (including phenoxy) is 1. The molecule has 9 heteroatoms. The zero-order chi connectivity index (χ0) is 21.7. The van der Waals surface area contributed by atoms with Crippen LogP contribution in [-0.2, 0) is 9.53 Å². The molecule has 2 N–H and O–H groups in total. The second-order valence-electron chi connectivity index (χ2n) is 6.99. The van der Waals surface area contributed by atoms with Gasteiger partial charge in [-0.2, -0.15) is 0 Å². The monoisotopic (exact) mass is 408 g/mol. The number of nitrogens with zero attached hydrogens (tertiary/aromatic N) is 3. The number of allylic oxidation sites excluding steroid dienone is 1. The lowest BCUT2D eigenvalue weighted by Gasteiger charge is -2.40. The maximum Gasteiger partial charge on any atom is 0.414 e. The molecule has 0 spiro atoms. The van der Waals surface area contributed by atoms with E-state index in [9.17, 15) is 18.4 Å². The molecular weight excluding hydrogens is 382 g/mol. The van der Waals surface area contributed by atoms with Gasteiger partial charge in [-0.25, -0.2) is 13.6 Å². The molecular formula is C20H26F2N4O3. The van der Waals surface area contributed by atoms with E-state index in [1.54, 1.807) is 36.9 Å². The summed E-state index contributed by atoms with van der Waals surface area (Å²) in [6.45, 7) is 6.42. The molecule has 1 aliphatic rings. The molecule has 29 heavy (non-hydrogen) atoms. The quantitative estimate of drug-likeness (QED) is 0.756. The normalized spacial score (nSPS) is 17.2. The molecule has 0 aromatic heterocycles. The van der Waals surface area contributed by atoms with Crippen molar-refractivity contribution in [2.75, 3.05) is 22.9 Å². The molecule has 7 nitrogen and oxygen atoms in total. The fourth-order valence-corrected chi connectivity index (χ4v) is 3.17. The van der Waals surface area contributed by atoms with Gasteiger partial charge in [0.15, 0.2) is 0 Å². The maximum absolute atomic E-state index is 12.6. The van der Waals surface area contributed by atoms with Crippen molar-refractivity contribution >= 4 is 35.2 Å². The topological polar surface area (TPSA) is 88.2 Å². The Bertz CT molecular complexity index is 824. The van der Waals surface area contributed by atoms with Crippen LogP contribution in [-0.4, -0.2) is 49.9 Å². The highest BCUT2D eigenvalue weighted by atomic mass is 19.3. The average molecular weight is 408 g/mol. The highest BCUT2D eigenvalue weighted by Gasteiger charge is 2.34.